The maximum atomic E-state index is 12.8. The van der Waals surface area contributed by atoms with Crippen molar-refractivity contribution < 1.29 is 14.3 Å². The predicted molar refractivity (Wildman–Crippen MR) is 121 cm³/mol. The summed E-state index contributed by atoms with van der Waals surface area (Å²) in [5.41, 5.74) is 4.55. The number of nitrogens with one attached hydrogen (secondary N) is 1. The Balaban J connectivity index is 1.63. The summed E-state index contributed by atoms with van der Waals surface area (Å²) in [6.07, 6.45) is 1.50. The first-order valence-electron chi connectivity index (χ1n) is 9.66. The molecule has 7 heteroatoms. The second-order valence-electron chi connectivity index (χ2n) is 6.85. The lowest BCUT2D eigenvalue weighted by atomic mass is 10.1. The van der Waals surface area contributed by atoms with Crippen LogP contribution in [0.25, 0.3) is 21.8 Å². The van der Waals surface area contributed by atoms with E-state index in [1.807, 2.05) is 41.0 Å². The number of ether oxygens (including phenoxy) is 2. The highest BCUT2D eigenvalue weighted by Gasteiger charge is 2.12. The lowest BCUT2D eigenvalue weighted by Gasteiger charge is -2.14. The molecule has 0 saturated carbocycles. The Kier molecular flexibility index (Phi) is 5.66. The van der Waals surface area contributed by atoms with Gasteiger partial charge in [0, 0.05) is 16.3 Å². The topological polar surface area (TPSA) is 81.9 Å². The number of methoxy groups -OCH3 is 2. The quantitative estimate of drug-likeness (QED) is 0.298. The third-order valence-corrected chi connectivity index (χ3v) is 5.01. The summed E-state index contributed by atoms with van der Waals surface area (Å²) in [4.78, 5) is 25.5. The van der Waals surface area contributed by atoms with E-state index >= 15 is 0 Å². The fourth-order valence-electron chi connectivity index (χ4n) is 3.54. The lowest BCUT2D eigenvalue weighted by molar-refractivity contribution is -0.121. The number of hydrogen-bond acceptors (Lipinski definition) is 5. The van der Waals surface area contributed by atoms with Gasteiger partial charge in [-0.05, 0) is 42.5 Å². The van der Waals surface area contributed by atoms with Crippen molar-refractivity contribution >= 4 is 33.9 Å². The van der Waals surface area contributed by atoms with Crippen molar-refractivity contribution in [2.75, 3.05) is 14.2 Å². The van der Waals surface area contributed by atoms with Gasteiger partial charge in [-0.25, -0.2) is 5.43 Å². The highest BCUT2D eigenvalue weighted by Crippen LogP contribution is 2.22. The van der Waals surface area contributed by atoms with E-state index in [1.165, 1.54) is 6.21 Å². The van der Waals surface area contributed by atoms with Crippen LogP contribution in [0.15, 0.2) is 76.6 Å². The van der Waals surface area contributed by atoms with Crippen molar-refractivity contribution in [1.29, 1.82) is 0 Å². The number of nitrogens with zero attached hydrogens (tertiary/aromatic N) is 2. The third kappa shape index (κ3) is 3.98. The largest absolute Gasteiger partial charge is 0.497 e. The summed E-state index contributed by atoms with van der Waals surface area (Å²) in [5, 5.41) is 5.20. The third-order valence-electron chi connectivity index (χ3n) is 5.01. The summed E-state index contributed by atoms with van der Waals surface area (Å²) in [6.45, 7) is 0.00783. The van der Waals surface area contributed by atoms with Gasteiger partial charge >= 0.3 is 0 Å². The van der Waals surface area contributed by atoms with Gasteiger partial charge in [-0.3, -0.25) is 9.59 Å². The Labute approximate surface area is 178 Å². The molecule has 1 N–H and O–H groups in total. The Morgan fingerprint density at radius 2 is 1.61 bits per heavy atom. The monoisotopic (exact) mass is 415 g/mol. The molecular formula is C24H21N3O4. The van der Waals surface area contributed by atoms with E-state index < -0.39 is 0 Å². The predicted octanol–water partition coefficient (Wildman–Crippen LogP) is 3.32. The van der Waals surface area contributed by atoms with Gasteiger partial charge in [0.25, 0.3) is 5.91 Å². The van der Waals surface area contributed by atoms with Gasteiger partial charge in [0.2, 0.25) is 0 Å². The molecule has 4 aromatic rings. The van der Waals surface area contributed by atoms with Crippen molar-refractivity contribution in [3.63, 3.8) is 0 Å². The molecule has 3 aromatic carbocycles. The van der Waals surface area contributed by atoms with E-state index in [1.54, 1.807) is 44.6 Å². The molecule has 0 aliphatic rings. The van der Waals surface area contributed by atoms with Crippen LogP contribution in [-0.2, 0) is 11.3 Å². The highest BCUT2D eigenvalue weighted by molar-refractivity contribution is 5.95. The molecule has 0 fully saturated rings. The number of hydrazone groups is 1. The normalized spacial score (nSPS) is 11.2. The molecule has 0 aliphatic carbocycles. The van der Waals surface area contributed by atoms with Gasteiger partial charge in [0.15, 0.2) is 5.43 Å². The molecule has 0 spiro atoms. The maximum Gasteiger partial charge on any atom is 0.260 e. The van der Waals surface area contributed by atoms with Crippen LogP contribution < -0.4 is 20.3 Å². The van der Waals surface area contributed by atoms with E-state index in [2.05, 4.69) is 10.5 Å². The number of amides is 1. The average molecular weight is 415 g/mol. The van der Waals surface area contributed by atoms with Gasteiger partial charge in [-0.15, -0.1) is 0 Å². The molecule has 0 atom stereocenters. The second-order valence-corrected chi connectivity index (χ2v) is 6.85. The molecule has 0 aliphatic heterocycles. The van der Waals surface area contributed by atoms with Crippen LogP contribution in [0.4, 0.5) is 0 Å². The lowest BCUT2D eigenvalue weighted by Crippen LogP contribution is -2.25. The van der Waals surface area contributed by atoms with Crippen LogP contribution >= 0.6 is 0 Å². The number of aromatic nitrogens is 1. The minimum atomic E-state index is -0.322. The molecule has 0 saturated heterocycles. The molecular weight excluding hydrogens is 394 g/mol. The molecule has 156 valence electrons. The first-order chi connectivity index (χ1) is 15.1. The molecule has 1 heterocycles. The van der Waals surface area contributed by atoms with Crippen molar-refractivity contribution in [3.8, 4) is 11.5 Å². The van der Waals surface area contributed by atoms with Crippen LogP contribution in [0, 0.1) is 0 Å². The van der Waals surface area contributed by atoms with Crippen LogP contribution in [-0.4, -0.2) is 30.9 Å². The Morgan fingerprint density at radius 1 is 0.968 bits per heavy atom. The molecule has 7 nitrogen and oxygen atoms in total. The number of rotatable bonds is 6. The van der Waals surface area contributed by atoms with Gasteiger partial charge in [0.1, 0.15) is 18.0 Å². The number of benzene rings is 3. The Bertz CT molecular complexity index is 1300. The molecule has 0 radical (unpaired) electrons. The minimum Gasteiger partial charge on any atom is -0.497 e. The molecule has 0 unspecified atom stereocenters. The van der Waals surface area contributed by atoms with Crippen molar-refractivity contribution in [1.82, 2.24) is 9.99 Å². The number of pyridine rings is 1. The van der Waals surface area contributed by atoms with Crippen molar-refractivity contribution in [2.24, 2.45) is 5.10 Å². The van der Waals surface area contributed by atoms with Crippen molar-refractivity contribution in [2.45, 2.75) is 6.54 Å². The van der Waals surface area contributed by atoms with Crippen LogP contribution in [0.2, 0.25) is 0 Å². The van der Waals surface area contributed by atoms with Gasteiger partial charge in [-0.1, -0.05) is 24.3 Å². The van der Waals surface area contributed by atoms with Crippen LogP contribution in [0.3, 0.4) is 0 Å². The number of fused-ring (bicyclic) bond motifs is 2. The minimum absolute atomic E-state index is 0.00783. The van der Waals surface area contributed by atoms with E-state index in [0.717, 1.165) is 0 Å². The van der Waals surface area contributed by atoms with E-state index in [0.29, 0.717) is 38.9 Å². The maximum absolute atomic E-state index is 12.8. The van der Waals surface area contributed by atoms with E-state index in [9.17, 15) is 9.59 Å². The van der Waals surface area contributed by atoms with E-state index in [-0.39, 0.29) is 17.9 Å². The zero-order valence-corrected chi connectivity index (χ0v) is 17.2. The summed E-state index contributed by atoms with van der Waals surface area (Å²) in [6, 6.07) is 19.8. The number of carbonyl (C=O) groups is 1. The van der Waals surface area contributed by atoms with Crippen LogP contribution in [0.1, 0.15) is 5.56 Å². The molecule has 0 bridgehead atoms. The molecule has 4 rings (SSSR count). The Hall–Kier alpha value is -4.13. The fraction of sp³-hybridized carbons (Fsp3) is 0.125. The SMILES string of the molecule is COc1ccc(OC)c(/C=N/NC(=O)Cn2c3ccccc3c(=O)c3ccccc32)c1. The highest BCUT2D eigenvalue weighted by atomic mass is 16.5. The zero-order chi connectivity index (χ0) is 21.8. The van der Waals surface area contributed by atoms with Crippen molar-refractivity contribution in [3.05, 3.63) is 82.5 Å². The molecule has 1 amide bonds. The Morgan fingerprint density at radius 3 is 2.23 bits per heavy atom. The van der Waals surface area contributed by atoms with E-state index in [4.69, 9.17) is 9.47 Å². The smallest absolute Gasteiger partial charge is 0.260 e. The second kappa shape index (κ2) is 8.71. The first kappa shape index (κ1) is 20.2. The number of hydrogen-bond donors (Lipinski definition) is 1. The summed E-state index contributed by atoms with van der Waals surface area (Å²) >= 11 is 0. The van der Waals surface area contributed by atoms with Gasteiger partial charge in [0.05, 0.1) is 31.5 Å². The molecule has 1 aromatic heterocycles. The standard InChI is InChI=1S/C24H21N3O4/c1-30-17-11-12-22(31-2)16(13-17)14-25-26-23(28)15-27-20-9-5-3-7-18(20)24(29)19-8-4-6-10-21(19)27/h3-14H,15H2,1-2H3,(H,26,28)/b25-14+. The fourth-order valence-corrected chi connectivity index (χ4v) is 3.54. The summed E-state index contributed by atoms with van der Waals surface area (Å²) in [5.74, 6) is 0.938. The number of para-hydroxylation sites is 2. The zero-order valence-electron chi connectivity index (χ0n) is 17.2. The molecule has 31 heavy (non-hydrogen) atoms. The first-order valence-corrected chi connectivity index (χ1v) is 9.66. The van der Waals surface area contributed by atoms with Crippen LogP contribution in [0.5, 0.6) is 11.5 Å². The summed E-state index contributed by atoms with van der Waals surface area (Å²) < 4.78 is 12.4. The summed E-state index contributed by atoms with van der Waals surface area (Å²) in [7, 11) is 3.13. The van der Waals surface area contributed by atoms with Gasteiger partial charge < -0.3 is 14.0 Å². The average Bonchev–Trinajstić information content (AvgIpc) is 2.81. The van der Waals surface area contributed by atoms with Gasteiger partial charge in [-0.2, -0.15) is 5.10 Å². The number of carbonyl (C=O) groups excluding carboxylic acids is 1.